The smallest absolute Gasteiger partial charge is 0.355 e. The van der Waals surface area contributed by atoms with E-state index in [0.29, 0.717) is 5.01 Å². The van der Waals surface area contributed by atoms with Gasteiger partial charge in [-0.2, -0.15) is 0 Å². The largest absolute Gasteiger partial charge is 0.476 e. The Balaban J connectivity index is 1.92. The lowest BCUT2D eigenvalue weighted by Crippen LogP contribution is -2.28. The summed E-state index contributed by atoms with van der Waals surface area (Å²) in [6.07, 6.45) is 0. The highest BCUT2D eigenvalue weighted by Crippen LogP contribution is 2.15. The van der Waals surface area contributed by atoms with Gasteiger partial charge < -0.3 is 15.7 Å². The summed E-state index contributed by atoms with van der Waals surface area (Å²) in [6.45, 7) is -0.0271. The summed E-state index contributed by atoms with van der Waals surface area (Å²) in [5.41, 5.74) is -0.411. The van der Waals surface area contributed by atoms with Gasteiger partial charge in [0.05, 0.1) is 12.2 Å². The number of aromatic nitrogens is 1. The van der Waals surface area contributed by atoms with Gasteiger partial charge in [-0.3, -0.25) is 0 Å². The first-order valence-corrected chi connectivity index (χ1v) is 6.51. The minimum absolute atomic E-state index is 0.0271. The van der Waals surface area contributed by atoms with Crippen LogP contribution in [-0.2, 0) is 6.54 Å². The number of benzene rings is 1. The van der Waals surface area contributed by atoms with Crippen LogP contribution < -0.4 is 10.6 Å². The fraction of sp³-hybridized carbons (Fsp3) is 0.0833. The number of hydrogen-bond donors (Lipinski definition) is 3. The standard InChI is InChI=1S/C12H9F2N3O3S/c13-6-1-2-7(14)8(3-6)17-12(20)15-4-10-16-9(5-21-10)11(18)19/h1-3,5H,4H2,(H,18,19)(H2,15,17,20). The molecular formula is C12H9F2N3O3S. The van der Waals surface area contributed by atoms with Crippen molar-refractivity contribution in [3.05, 3.63) is 45.9 Å². The molecule has 0 fully saturated rings. The number of amides is 2. The van der Waals surface area contributed by atoms with E-state index in [1.807, 2.05) is 0 Å². The lowest BCUT2D eigenvalue weighted by molar-refractivity contribution is 0.0691. The molecule has 0 radical (unpaired) electrons. The first kappa shape index (κ1) is 14.9. The molecule has 0 spiro atoms. The SMILES string of the molecule is O=C(NCc1nc(C(=O)O)cs1)Nc1cc(F)ccc1F. The minimum Gasteiger partial charge on any atom is -0.476 e. The Kier molecular flexibility index (Phi) is 4.43. The number of carboxylic acid groups (broad SMARTS) is 1. The van der Waals surface area contributed by atoms with E-state index in [1.54, 1.807) is 0 Å². The number of aromatic carboxylic acids is 1. The van der Waals surface area contributed by atoms with E-state index in [-0.39, 0.29) is 17.9 Å². The number of hydrogen-bond acceptors (Lipinski definition) is 4. The molecule has 0 aliphatic rings. The summed E-state index contributed by atoms with van der Waals surface area (Å²) in [5, 5.41) is 14.9. The summed E-state index contributed by atoms with van der Waals surface area (Å²) in [4.78, 5) is 25.9. The van der Waals surface area contributed by atoms with Crippen LogP contribution in [0.3, 0.4) is 0 Å². The number of carboxylic acids is 1. The number of rotatable bonds is 4. The topological polar surface area (TPSA) is 91.3 Å². The molecule has 0 aliphatic carbocycles. The van der Waals surface area contributed by atoms with E-state index in [0.717, 1.165) is 29.5 Å². The van der Waals surface area contributed by atoms with Gasteiger partial charge in [-0.05, 0) is 12.1 Å². The van der Waals surface area contributed by atoms with Crippen LogP contribution in [0, 0.1) is 11.6 Å². The summed E-state index contributed by atoms with van der Waals surface area (Å²) in [6, 6.07) is 1.92. The van der Waals surface area contributed by atoms with Crippen molar-refractivity contribution in [2.75, 3.05) is 5.32 Å². The Hall–Kier alpha value is -2.55. The molecule has 0 bridgehead atoms. The van der Waals surface area contributed by atoms with E-state index < -0.39 is 23.6 Å². The Bertz CT molecular complexity index is 690. The predicted molar refractivity (Wildman–Crippen MR) is 71.3 cm³/mol. The van der Waals surface area contributed by atoms with Gasteiger partial charge in [0.25, 0.3) is 0 Å². The first-order chi connectivity index (χ1) is 9.95. The lowest BCUT2D eigenvalue weighted by Gasteiger charge is -2.07. The van der Waals surface area contributed by atoms with E-state index in [4.69, 9.17) is 5.11 Å². The quantitative estimate of drug-likeness (QED) is 0.808. The molecule has 6 nitrogen and oxygen atoms in total. The summed E-state index contributed by atoms with van der Waals surface area (Å²) >= 11 is 1.06. The Morgan fingerprint density at radius 2 is 2.10 bits per heavy atom. The molecule has 1 aromatic carbocycles. The first-order valence-electron chi connectivity index (χ1n) is 5.63. The van der Waals surface area contributed by atoms with Crippen LogP contribution in [0.4, 0.5) is 19.3 Å². The maximum absolute atomic E-state index is 13.3. The highest BCUT2D eigenvalue weighted by Gasteiger charge is 2.11. The second-order valence-corrected chi connectivity index (χ2v) is 4.81. The molecule has 2 rings (SSSR count). The molecule has 9 heteroatoms. The van der Waals surface area contributed by atoms with Gasteiger partial charge >= 0.3 is 12.0 Å². The number of carbonyl (C=O) groups excluding carboxylic acids is 1. The molecule has 0 saturated carbocycles. The van der Waals surface area contributed by atoms with Gasteiger partial charge in [0, 0.05) is 11.4 Å². The minimum atomic E-state index is -1.16. The molecule has 0 saturated heterocycles. The van der Waals surface area contributed by atoms with Crippen LogP contribution in [0.15, 0.2) is 23.6 Å². The highest BCUT2D eigenvalue weighted by molar-refractivity contribution is 7.09. The number of nitrogens with zero attached hydrogens (tertiary/aromatic N) is 1. The second-order valence-electron chi connectivity index (χ2n) is 3.86. The van der Waals surface area contributed by atoms with Gasteiger partial charge in [-0.1, -0.05) is 0 Å². The van der Waals surface area contributed by atoms with Gasteiger partial charge in [-0.15, -0.1) is 11.3 Å². The molecule has 3 N–H and O–H groups in total. The van der Waals surface area contributed by atoms with Crippen molar-refractivity contribution < 1.29 is 23.5 Å². The summed E-state index contributed by atoms with van der Waals surface area (Å²) in [5.74, 6) is -2.62. The molecule has 1 heterocycles. The van der Waals surface area contributed by atoms with Gasteiger partial charge in [0.1, 0.15) is 16.6 Å². The van der Waals surface area contributed by atoms with Crippen LogP contribution in [0.25, 0.3) is 0 Å². The van der Waals surface area contributed by atoms with Gasteiger partial charge in [0.2, 0.25) is 0 Å². The number of nitrogens with one attached hydrogen (secondary N) is 2. The van der Waals surface area contributed by atoms with Crippen LogP contribution >= 0.6 is 11.3 Å². The van der Waals surface area contributed by atoms with Crippen molar-refractivity contribution in [1.29, 1.82) is 0 Å². The molecule has 0 aliphatic heterocycles. The molecule has 2 aromatic rings. The fourth-order valence-corrected chi connectivity index (χ4v) is 2.11. The van der Waals surface area contributed by atoms with E-state index >= 15 is 0 Å². The molecule has 0 atom stereocenters. The van der Waals surface area contributed by atoms with E-state index in [1.165, 1.54) is 5.38 Å². The maximum Gasteiger partial charge on any atom is 0.355 e. The number of urea groups is 1. The number of anilines is 1. The zero-order chi connectivity index (χ0) is 15.4. The van der Waals surface area contributed by atoms with Crippen molar-refractivity contribution in [1.82, 2.24) is 10.3 Å². The average molecular weight is 313 g/mol. The molecule has 21 heavy (non-hydrogen) atoms. The van der Waals surface area contributed by atoms with E-state index in [9.17, 15) is 18.4 Å². The van der Waals surface area contributed by atoms with E-state index in [2.05, 4.69) is 15.6 Å². The summed E-state index contributed by atoms with van der Waals surface area (Å²) in [7, 11) is 0. The van der Waals surface area contributed by atoms with Crippen molar-refractivity contribution in [2.45, 2.75) is 6.54 Å². The normalized spacial score (nSPS) is 10.2. The van der Waals surface area contributed by atoms with Crippen LogP contribution in [-0.4, -0.2) is 22.1 Å². The van der Waals surface area contributed by atoms with Crippen molar-refractivity contribution in [3.63, 3.8) is 0 Å². The Morgan fingerprint density at radius 3 is 2.76 bits per heavy atom. The van der Waals surface area contributed by atoms with Crippen molar-refractivity contribution in [2.24, 2.45) is 0 Å². The highest BCUT2D eigenvalue weighted by atomic mass is 32.1. The van der Waals surface area contributed by atoms with Crippen LogP contribution in [0.5, 0.6) is 0 Å². The van der Waals surface area contributed by atoms with Crippen LogP contribution in [0.1, 0.15) is 15.5 Å². The van der Waals surface area contributed by atoms with Crippen molar-refractivity contribution in [3.8, 4) is 0 Å². The van der Waals surface area contributed by atoms with Gasteiger partial charge in [-0.25, -0.2) is 23.4 Å². The third kappa shape index (κ3) is 3.96. The number of thiazole rings is 1. The molecule has 1 aromatic heterocycles. The molecule has 110 valence electrons. The third-order valence-electron chi connectivity index (χ3n) is 2.35. The third-order valence-corrected chi connectivity index (χ3v) is 3.20. The Morgan fingerprint density at radius 1 is 1.33 bits per heavy atom. The van der Waals surface area contributed by atoms with Crippen molar-refractivity contribution >= 4 is 29.0 Å². The number of halogens is 2. The average Bonchev–Trinajstić information content (AvgIpc) is 2.90. The van der Waals surface area contributed by atoms with Crippen LogP contribution in [0.2, 0.25) is 0 Å². The molecule has 2 amide bonds. The molecular weight excluding hydrogens is 304 g/mol. The lowest BCUT2D eigenvalue weighted by atomic mass is 10.3. The fourth-order valence-electron chi connectivity index (χ4n) is 1.41. The maximum atomic E-state index is 13.3. The zero-order valence-electron chi connectivity index (χ0n) is 10.4. The van der Waals surface area contributed by atoms with Gasteiger partial charge in [0.15, 0.2) is 5.69 Å². The Labute approximate surface area is 121 Å². The monoisotopic (exact) mass is 313 g/mol. The molecule has 0 unspecified atom stereocenters. The number of carbonyl (C=O) groups is 2. The second kappa shape index (κ2) is 6.27. The predicted octanol–water partition coefficient (Wildman–Crippen LogP) is 2.44. The zero-order valence-corrected chi connectivity index (χ0v) is 11.2. The summed E-state index contributed by atoms with van der Waals surface area (Å²) < 4.78 is 26.2.